The van der Waals surface area contributed by atoms with Gasteiger partial charge in [-0.15, -0.1) is 0 Å². The highest BCUT2D eigenvalue weighted by atomic mass is 16.5. The molecule has 1 aromatic rings. The van der Waals surface area contributed by atoms with Crippen molar-refractivity contribution in [2.75, 3.05) is 6.54 Å². The van der Waals surface area contributed by atoms with Crippen molar-refractivity contribution in [2.45, 2.75) is 58.4 Å². The minimum absolute atomic E-state index is 0.409. The van der Waals surface area contributed by atoms with E-state index in [4.69, 9.17) is 4.52 Å². The first kappa shape index (κ1) is 12.6. The lowest BCUT2D eigenvalue weighted by molar-refractivity contribution is 0.301. The van der Waals surface area contributed by atoms with Crippen LogP contribution in [0.15, 0.2) is 4.52 Å². The number of nitrogens with zero attached hydrogens (tertiary/aromatic N) is 2. The summed E-state index contributed by atoms with van der Waals surface area (Å²) in [5.74, 6) is 2.47. The SMILES string of the molecule is CCCNC(C)Cc1nc(CC2CCC2)no1. The Morgan fingerprint density at radius 3 is 2.94 bits per heavy atom. The van der Waals surface area contributed by atoms with Crippen molar-refractivity contribution in [3.05, 3.63) is 11.7 Å². The van der Waals surface area contributed by atoms with Crippen molar-refractivity contribution < 1.29 is 4.52 Å². The first-order valence-corrected chi connectivity index (χ1v) is 6.82. The van der Waals surface area contributed by atoms with E-state index in [9.17, 15) is 0 Å². The van der Waals surface area contributed by atoms with Crippen LogP contribution in [0, 0.1) is 5.92 Å². The highest BCUT2D eigenvalue weighted by Crippen LogP contribution is 2.28. The molecule has 4 heteroatoms. The zero-order valence-corrected chi connectivity index (χ0v) is 10.9. The summed E-state index contributed by atoms with van der Waals surface area (Å²) in [6, 6.07) is 0.409. The van der Waals surface area contributed by atoms with Crippen molar-refractivity contribution in [1.82, 2.24) is 15.5 Å². The van der Waals surface area contributed by atoms with E-state index >= 15 is 0 Å². The average Bonchev–Trinajstić information content (AvgIpc) is 2.68. The molecule has 4 nitrogen and oxygen atoms in total. The van der Waals surface area contributed by atoms with Crippen LogP contribution in [0.25, 0.3) is 0 Å². The summed E-state index contributed by atoms with van der Waals surface area (Å²) in [7, 11) is 0. The van der Waals surface area contributed by atoms with Crippen LogP contribution < -0.4 is 5.32 Å². The molecular formula is C13H23N3O. The molecule has 0 bridgehead atoms. The third-order valence-corrected chi connectivity index (χ3v) is 3.43. The second-order valence-corrected chi connectivity index (χ2v) is 5.16. The summed E-state index contributed by atoms with van der Waals surface area (Å²) in [6.45, 7) is 5.37. The van der Waals surface area contributed by atoms with Gasteiger partial charge in [0.1, 0.15) is 0 Å². The average molecular weight is 237 g/mol. The fourth-order valence-electron chi connectivity index (χ4n) is 2.14. The van der Waals surface area contributed by atoms with Gasteiger partial charge in [-0.3, -0.25) is 0 Å². The summed E-state index contributed by atoms with van der Waals surface area (Å²) in [5.41, 5.74) is 0. The molecule has 0 spiro atoms. The molecule has 0 aromatic carbocycles. The smallest absolute Gasteiger partial charge is 0.228 e. The van der Waals surface area contributed by atoms with Crippen LogP contribution in [-0.2, 0) is 12.8 Å². The standard InChI is InChI=1S/C13H23N3O/c1-3-7-14-10(2)8-13-15-12(16-17-13)9-11-5-4-6-11/h10-11,14H,3-9H2,1-2H3. The van der Waals surface area contributed by atoms with Crippen LogP contribution in [-0.4, -0.2) is 22.7 Å². The minimum atomic E-state index is 0.409. The molecule has 17 heavy (non-hydrogen) atoms. The summed E-state index contributed by atoms with van der Waals surface area (Å²) >= 11 is 0. The Morgan fingerprint density at radius 1 is 1.47 bits per heavy atom. The fraction of sp³-hybridized carbons (Fsp3) is 0.846. The van der Waals surface area contributed by atoms with Gasteiger partial charge in [0.05, 0.1) is 0 Å². The zero-order valence-electron chi connectivity index (χ0n) is 10.9. The molecular weight excluding hydrogens is 214 g/mol. The second-order valence-electron chi connectivity index (χ2n) is 5.16. The molecule has 1 aliphatic carbocycles. The van der Waals surface area contributed by atoms with Crippen LogP contribution in [0.1, 0.15) is 51.2 Å². The molecule has 0 amide bonds. The maximum Gasteiger partial charge on any atom is 0.228 e. The highest BCUT2D eigenvalue weighted by molar-refractivity contribution is 4.92. The fourth-order valence-corrected chi connectivity index (χ4v) is 2.14. The third-order valence-electron chi connectivity index (χ3n) is 3.43. The molecule has 0 saturated heterocycles. The molecule has 0 aliphatic heterocycles. The van der Waals surface area contributed by atoms with Gasteiger partial charge in [0.2, 0.25) is 5.89 Å². The monoisotopic (exact) mass is 237 g/mol. The van der Waals surface area contributed by atoms with Crippen LogP contribution in [0.4, 0.5) is 0 Å². The van der Waals surface area contributed by atoms with Crippen LogP contribution in [0.5, 0.6) is 0 Å². The third kappa shape index (κ3) is 3.80. The number of nitrogens with one attached hydrogen (secondary N) is 1. The van der Waals surface area contributed by atoms with Gasteiger partial charge in [0.25, 0.3) is 0 Å². The Balaban J connectivity index is 1.76. The molecule has 1 aliphatic rings. The molecule has 1 N–H and O–H groups in total. The largest absolute Gasteiger partial charge is 0.339 e. The first-order chi connectivity index (χ1) is 8.28. The van der Waals surface area contributed by atoms with Gasteiger partial charge in [-0.2, -0.15) is 4.98 Å². The lowest BCUT2D eigenvalue weighted by Crippen LogP contribution is -2.28. The van der Waals surface area contributed by atoms with Gasteiger partial charge in [-0.25, -0.2) is 0 Å². The van der Waals surface area contributed by atoms with Gasteiger partial charge in [-0.05, 0) is 25.8 Å². The van der Waals surface area contributed by atoms with E-state index < -0.39 is 0 Å². The van der Waals surface area contributed by atoms with Gasteiger partial charge in [-0.1, -0.05) is 31.3 Å². The Hall–Kier alpha value is -0.900. The van der Waals surface area contributed by atoms with E-state index in [1.165, 1.54) is 19.3 Å². The van der Waals surface area contributed by atoms with Crippen molar-refractivity contribution in [1.29, 1.82) is 0 Å². The van der Waals surface area contributed by atoms with Crippen molar-refractivity contribution in [3.8, 4) is 0 Å². The van der Waals surface area contributed by atoms with Gasteiger partial charge in [0.15, 0.2) is 5.82 Å². The quantitative estimate of drug-likeness (QED) is 0.791. The van der Waals surface area contributed by atoms with Crippen LogP contribution in [0.2, 0.25) is 0 Å². The molecule has 1 fully saturated rings. The summed E-state index contributed by atoms with van der Waals surface area (Å²) < 4.78 is 5.28. The van der Waals surface area contributed by atoms with E-state index in [0.29, 0.717) is 6.04 Å². The Labute approximate surface area is 103 Å². The first-order valence-electron chi connectivity index (χ1n) is 6.82. The number of hydrogen-bond donors (Lipinski definition) is 1. The van der Waals surface area contributed by atoms with Gasteiger partial charge >= 0.3 is 0 Å². The molecule has 1 aromatic heterocycles. The van der Waals surface area contributed by atoms with E-state index in [1.54, 1.807) is 0 Å². The Kier molecular flexibility index (Phi) is 4.54. The predicted octanol–water partition coefficient (Wildman–Crippen LogP) is 2.34. The highest BCUT2D eigenvalue weighted by Gasteiger charge is 2.20. The summed E-state index contributed by atoms with van der Waals surface area (Å²) in [5, 5.41) is 7.48. The maximum absolute atomic E-state index is 5.28. The molecule has 2 rings (SSSR count). The van der Waals surface area contributed by atoms with E-state index in [2.05, 4.69) is 29.3 Å². The van der Waals surface area contributed by atoms with Crippen LogP contribution in [0.3, 0.4) is 0 Å². The zero-order chi connectivity index (χ0) is 12.1. The van der Waals surface area contributed by atoms with Gasteiger partial charge in [0, 0.05) is 18.9 Å². The number of hydrogen-bond acceptors (Lipinski definition) is 4. The van der Waals surface area contributed by atoms with Crippen molar-refractivity contribution in [2.24, 2.45) is 5.92 Å². The molecule has 1 saturated carbocycles. The molecule has 1 atom stereocenters. The Morgan fingerprint density at radius 2 is 2.29 bits per heavy atom. The van der Waals surface area contributed by atoms with E-state index in [1.807, 2.05) is 0 Å². The van der Waals surface area contributed by atoms with Crippen molar-refractivity contribution >= 4 is 0 Å². The summed E-state index contributed by atoms with van der Waals surface area (Å²) in [4.78, 5) is 4.46. The second kappa shape index (κ2) is 6.15. The van der Waals surface area contributed by atoms with Gasteiger partial charge < -0.3 is 9.84 Å². The lowest BCUT2D eigenvalue weighted by atomic mass is 9.83. The Bertz CT molecular complexity index is 333. The molecule has 96 valence electrons. The topological polar surface area (TPSA) is 51.0 Å². The van der Waals surface area contributed by atoms with Crippen LogP contribution >= 0.6 is 0 Å². The van der Waals surface area contributed by atoms with Crippen molar-refractivity contribution in [3.63, 3.8) is 0 Å². The predicted molar refractivity (Wildman–Crippen MR) is 66.8 cm³/mol. The van der Waals surface area contributed by atoms with E-state index in [-0.39, 0.29) is 0 Å². The maximum atomic E-state index is 5.28. The molecule has 0 radical (unpaired) electrons. The molecule has 1 unspecified atom stereocenters. The normalized spacial score (nSPS) is 18.0. The number of aromatic nitrogens is 2. The number of rotatable bonds is 7. The lowest BCUT2D eigenvalue weighted by Gasteiger charge is -2.23. The molecule has 1 heterocycles. The summed E-state index contributed by atoms with van der Waals surface area (Å²) in [6.07, 6.45) is 7.02. The minimum Gasteiger partial charge on any atom is -0.339 e. The van der Waals surface area contributed by atoms with E-state index in [0.717, 1.165) is 43.4 Å².